The molecular formula is C23H20Cl2FN5O2. The number of rotatable bonds is 6. The minimum Gasteiger partial charge on any atom is -0.476 e. The quantitative estimate of drug-likeness (QED) is 0.365. The predicted molar refractivity (Wildman–Crippen MR) is 125 cm³/mol. The summed E-state index contributed by atoms with van der Waals surface area (Å²) in [6.07, 6.45) is 0. The van der Waals surface area contributed by atoms with E-state index in [1.54, 1.807) is 35.9 Å². The molecule has 0 saturated heterocycles. The fraction of sp³-hybridized carbons (Fsp3) is 0.217. The van der Waals surface area contributed by atoms with E-state index in [9.17, 15) is 14.3 Å². The van der Waals surface area contributed by atoms with E-state index < -0.39 is 11.8 Å². The van der Waals surface area contributed by atoms with E-state index in [2.05, 4.69) is 15.2 Å². The van der Waals surface area contributed by atoms with Crippen molar-refractivity contribution in [2.45, 2.75) is 27.3 Å². The Morgan fingerprint density at radius 1 is 1.09 bits per heavy atom. The summed E-state index contributed by atoms with van der Waals surface area (Å²) in [5.74, 6) is -0.889. The number of aromatic carboxylic acids is 1. The molecule has 0 aliphatic rings. The third kappa shape index (κ3) is 4.49. The lowest BCUT2D eigenvalue weighted by molar-refractivity contribution is 0.0687. The number of carbonyl (C=O) groups is 1. The van der Waals surface area contributed by atoms with Gasteiger partial charge in [0, 0.05) is 17.7 Å². The zero-order valence-electron chi connectivity index (χ0n) is 18.1. The molecule has 0 aliphatic heterocycles. The molecule has 33 heavy (non-hydrogen) atoms. The molecule has 0 bridgehead atoms. The molecule has 4 aromatic rings. The highest BCUT2D eigenvalue weighted by Gasteiger charge is 2.27. The molecule has 1 N–H and O–H groups in total. The van der Waals surface area contributed by atoms with Crippen molar-refractivity contribution < 1.29 is 14.3 Å². The monoisotopic (exact) mass is 487 g/mol. The summed E-state index contributed by atoms with van der Waals surface area (Å²) in [6, 6.07) is 10.8. The number of hydrogen-bond donors (Lipinski definition) is 1. The third-order valence-corrected chi connectivity index (χ3v) is 5.68. The second-order valence-electron chi connectivity index (χ2n) is 7.98. The molecule has 7 nitrogen and oxygen atoms in total. The summed E-state index contributed by atoms with van der Waals surface area (Å²) >= 11 is 12.3. The molecule has 0 amide bonds. The minimum atomic E-state index is -1.23. The topological polar surface area (TPSA) is 85.8 Å². The predicted octanol–water partition coefficient (Wildman–Crippen LogP) is 5.91. The van der Waals surface area contributed by atoms with Crippen LogP contribution in [0.1, 0.15) is 30.0 Å². The minimum absolute atomic E-state index is 0.0832. The first-order chi connectivity index (χ1) is 15.7. The maximum Gasteiger partial charge on any atom is 0.355 e. The third-order valence-electron chi connectivity index (χ3n) is 4.94. The average Bonchev–Trinajstić information content (AvgIpc) is 3.30. The maximum atomic E-state index is 13.9. The van der Waals surface area contributed by atoms with Gasteiger partial charge in [0.1, 0.15) is 5.82 Å². The second kappa shape index (κ2) is 8.96. The zero-order chi connectivity index (χ0) is 23.9. The first kappa shape index (κ1) is 22.9. The molecule has 0 saturated carbocycles. The van der Waals surface area contributed by atoms with Gasteiger partial charge in [-0.3, -0.25) is 0 Å². The standard InChI is InChI=1S/C23H20Cl2FN5O2/c1-12(2)11-30-21(15-7-8-17(24)18(25)10-15)27-23(29-30)31-20(22(32)33)19(13(3)28-31)14-5-4-6-16(26)9-14/h4-10,12H,11H2,1-3H3,(H,32,33). The molecule has 0 atom stereocenters. The maximum absolute atomic E-state index is 13.9. The van der Waals surface area contributed by atoms with Gasteiger partial charge in [-0.25, -0.2) is 13.9 Å². The van der Waals surface area contributed by atoms with Crippen LogP contribution >= 0.6 is 23.2 Å². The molecule has 10 heteroatoms. The van der Waals surface area contributed by atoms with Crippen LogP contribution < -0.4 is 0 Å². The van der Waals surface area contributed by atoms with E-state index in [0.29, 0.717) is 44.8 Å². The van der Waals surface area contributed by atoms with Crippen molar-refractivity contribution >= 4 is 29.2 Å². The van der Waals surface area contributed by atoms with Crippen molar-refractivity contribution in [3.63, 3.8) is 0 Å². The summed E-state index contributed by atoms with van der Waals surface area (Å²) in [7, 11) is 0. The molecule has 2 aromatic carbocycles. The van der Waals surface area contributed by atoms with Gasteiger partial charge in [0.25, 0.3) is 5.95 Å². The highest BCUT2D eigenvalue weighted by Crippen LogP contribution is 2.31. The summed E-state index contributed by atoms with van der Waals surface area (Å²) in [4.78, 5) is 16.9. The van der Waals surface area contributed by atoms with Crippen LogP contribution in [0.3, 0.4) is 0 Å². The van der Waals surface area contributed by atoms with Crippen LogP contribution in [-0.2, 0) is 6.54 Å². The number of benzene rings is 2. The molecule has 0 unspecified atom stereocenters. The van der Waals surface area contributed by atoms with Crippen LogP contribution in [-0.4, -0.2) is 35.6 Å². The molecule has 170 valence electrons. The van der Waals surface area contributed by atoms with Crippen molar-refractivity contribution in [2.75, 3.05) is 0 Å². The van der Waals surface area contributed by atoms with Crippen molar-refractivity contribution in [1.29, 1.82) is 0 Å². The largest absolute Gasteiger partial charge is 0.476 e. The lowest BCUT2D eigenvalue weighted by atomic mass is 10.0. The lowest BCUT2D eigenvalue weighted by Gasteiger charge is -2.08. The SMILES string of the molecule is Cc1nn(-c2nc(-c3ccc(Cl)c(Cl)c3)n(CC(C)C)n2)c(C(=O)O)c1-c1cccc(F)c1. The van der Waals surface area contributed by atoms with Gasteiger partial charge in [0.05, 0.1) is 15.7 Å². The first-order valence-corrected chi connectivity index (χ1v) is 10.9. The van der Waals surface area contributed by atoms with Gasteiger partial charge in [0.15, 0.2) is 11.5 Å². The lowest BCUT2D eigenvalue weighted by Crippen LogP contribution is -2.12. The summed E-state index contributed by atoms with van der Waals surface area (Å²) in [5.41, 5.74) is 1.64. The molecule has 0 fully saturated rings. The van der Waals surface area contributed by atoms with Crippen LogP contribution in [0.25, 0.3) is 28.5 Å². The smallest absolute Gasteiger partial charge is 0.355 e. The van der Waals surface area contributed by atoms with Crippen LogP contribution in [0.4, 0.5) is 4.39 Å². The van der Waals surface area contributed by atoms with Gasteiger partial charge >= 0.3 is 5.97 Å². The van der Waals surface area contributed by atoms with E-state index in [4.69, 9.17) is 23.2 Å². The van der Waals surface area contributed by atoms with Crippen molar-refractivity contribution in [1.82, 2.24) is 24.5 Å². The average molecular weight is 488 g/mol. The number of carboxylic acids is 1. The van der Waals surface area contributed by atoms with Gasteiger partial charge < -0.3 is 5.11 Å². The Kier molecular flexibility index (Phi) is 6.23. The number of hydrogen-bond acceptors (Lipinski definition) is 4. The Bertz CT molecular complexity index is 1360. The second-order valence-corrected chi connectivity index (χ2v) is 8.79. The number of nitrogens with zero attached hydrogens (tertiary/aromatic N) is 5. The Morgan fingerprint density at radius 3 is 2.48 bits per heavy atom. The highest BCUT2D eigenvalue weighted by atomic mass is 35.5. The Hall–Kier alpha value is -3.23. The van der Waals surface area contributed by atoms with Gasteiger partial charge in [0.2, 0.25) is 0 Å². The number of aryl methyl sites for hydroxylation is 1. The summed E-state index contributed by atoms with van der Waals surface area (Å²) < 4.78 is 16.7. The summed E-state index contributed by atoms with van der Waals surface area (Å²) in [6.45, 7) is 6.25. The van der Waals surface area contributed by atoms with E-state index in [-0.39, 0.29) is 17.6 Å². The molecule has 2 aromatic heterocycles. The van der Waals surface area contributed by atoms with E-state index in [0.717, 1.165) is 0 Å². The normalized spacial score (nSPS) is 11.4. The van der Waals surface area contributed by atoms with Crippen LogP contribution in [0.15, 0.2) is 42.5 Å². The summed E-state index contributed by atoms with van der Waals surface area (Å²) in [5, 5.41) is 19.7. The van der Waals surface area contributed by atoms with Crippen LogP contribution in [0.2, 0.25) is 10.0 Å². The van der Waals surface area contributed by atoms with Crippen LogP contribution in [0.5, 0.6) is 0 Å². The van der Waals surface area contributed by atoms with Crippen molar-refractivity contribution in [3.05, 3.63) is 69.7 Å². The molecule has 4 rings (SSSR count). The zero-order valence-corrected chi connectivity index (χ0v) is 19.6. The van der Waals surface area contributed by atoms with Crippen molar-refractivity contribution in [3.8, 4) is 28.5 Å². The van der Waals surface area contributed by atoms with E-state index in [1.165, 1.54) is 22.9 Å². The number of halogens is 3. The molecule has 0 spiro atoms. The fourth-order valence-corrected chi connectivity index (χ4v) is 3.90. The highest BCUT2D eigenvalue weighted by molar-refractivity contribution is 6.42. The molecule has 2 heterocycles. The van der Waals surface area contributed by atoms with E-state index in [1.807, 2.05) is 13.8 Å². The van der Waals surface area contributed by atoms with Gasteiger partial charge in [-0.05, 0) is 48.7 Å². The number of aromatic nitrogens is 5. The molecule has 0 aliphatic carbocycles. The van der Waals surface area contributed by atoms with Crippen molar-refractivity contribution in [2.24, 2.45) is 5.92 Å². The fourth-order valence-electron chi connectivity index (χ4n) is 3.60. The first-order valence-electron chi connectivity index (χ1n) is 10.1. The van der Waals surface area contributed by atoms with Gasteiger partial charge in [-0.15, -0.1) is 5.10 Å². The molecular weight excluding hydrogens is 468 g/mol. The Balaban J connectivity index is 1.92. The molecule has 0 radical (unpaired) electrons. The van der Waals surface area contributed by atoms with E-state index >= 15 is 0 Å². The number of carboxylic acid groups (broad SMARTS) is 1. The Labute approximate surface area is 199 Å². The van der Waals surface area contributed by atoms with Crippen LogP contribution in [0, 0.1) is 18.7 Å². The van der Waals surface area contributed by atoms with Gasteiger partial charge in [-0.2, -0.15) is 14.8 Å². The Morgan fingerprint density at radius 2 is 1.85 bits per heavy atom. The van der Waals surface area contributed by atoms with Gasteiger partial charge in [-0.1, -0.05) is 49.2 Å².